The van der Waals surface area contributed by atoms with Gasteiger partial charge in [0.25, 0.3) is 0 Å². The molecule has 7 nitrogen and oxygen atoms in total. The molecule has 0 saturated carbocycles. The van der Waals surface area contributed by atoms with E-state index in [1.54, 1.807) is 19.1 Å². The highest BCUT2D eigenvalue weighted by Gasteiger charge is 2.36. The van der Waals surface area contributed by atoms with Crippen molar-refractivity contribution < 1.29 is 17.7 Å². The molecule has 1 N–H and O–H groups in total. The molecule has 190 valence electrons. The van der Waals surface area contributed by atoms with Gasteiger partial charge in [0.05, 0.1) is 5.92 Å². The van der Waals surface area contributed by atoms with Crippen molar-refractivity contribution in [2.75, 3.05) is 13.1 Å². The summed E-state index contributed by atoms with van der Waals surface area (Å²) in [4.78, 5) is 12.9. The number of sulfonamides is 1. The van der Waals surface area contributed by atoms with Crippen LogP contribution in [0.1, 0.15) is 46.5 Å². The fraction of sp³-hybridized carbons (Fsp3) is 0.333. The third kappa shape index (κ3) is 5.72. The van der Waals surface area contributed by atoms with Crippen molar-refractivity contribution in [2.45, 2.75) is 45.1 Å². The Morgan fingerprint density at radius 1 is 1.19 bits per heavy atom. The zero-order valence-corrected chi connectivity index (χ0v) is 22.2. The van der Waals surface area contributed by atoms with Crippen molar-refractivity contribution in [1.29, 1.82) is 0 Å². The number of halogens is 1. The van der Waals surface area contributed by atoms with Crippen LogP contribution in [0.3, 0.4) is 0 Å². The predicted octanol–water partition coefficient (Wildman–Crippen LogP) is 5.14. The fourth-order valence-electron chi connectivity index (χ4n) is 4.38. The van der Waals surface area contributed by atoms with Crippen LogP contribution >= 0.6 is 11.6 Å². The normalized spacial score (nSPS) is 16.9. The molecule has 0 bridgehead atoms. The maximum atomic E-state index is 13.7. The summed E-state index contributed by atoms with van der Waals surface area (Å²) in [7, 11) is -3.92. The predicted molar refractivity (Wildman–Crippen MR) is 141 cm³/mol. The van der Waals surface area contributed by atoms with Gasteiger partial charge in [0, 0.05) is 24.7 Å². The first-order chi connectivity index (χ1) is 17.2. The lowest BCUT2D eigenvalue weighted by molar-refractivity contribution is -0.126. The molecule has 1 fully saturated rings. The number of nitrogens with one attached hydrogen (secondary N) is 1. The summed E-state index contributed by atoms with van der Waals surface area (Å²) in [5, 5.41) is 7.41. The van der Waals surface area contributed by atoms with Crippen LogP contribution in [0, 0.1) is 26.7 Å². The van der Waals surface area contributed by atoms with E-state index in [9.17, 15) is 13.2 Å². The Morgan fingerprint density at radius 3 is 2.75 bits per heavy atom. The van der Waals surface area contributed by atoms with Crippen molar-refractivity contribution in [1.82, 2.24) is 14.8 Å². The Labute approximate surface area is 217 Å². The summed E-state index contributed by atoms with van der Waals surface area (Å²) in [6, 6.07) is 13.4. The first-order valence-electron chi connectivity index (χ1n) is 11.9. The smallest absolute Gasteiger partial charge is 0.248 e. The van der Waals surface area contributed by atoms with Crippen LogP contribution in [0.2, 0.25) is 5.02 Å². The van der Waals surface area contributed by atoms with Gasteiger partial charge in [0.15, 0.2) is 10.7 Å². The van der Waals surface area contributed by atoms with Crippen molar-refractivity contribution in [3.63, 3.8) is 0 Å². The van der Waals surface area contributed by atoms with Crippen LogP contribution in [0.25, 0.3) is 12.2 Å². The Morgan fingerprint density at radius 2 is 1.97 bits per heavy atom. The van der Waals surface area contributed by atoms with Gasteiger partial charge in [0.1, 0.15) is 5.69 Å². The molecule has 1 aromatic heterocycles. The molecule has 0 spiro atoms. The molecular weight excluding hydrogens is 498 g/mol. The molecule has 1 atom stereocenters. The minimum Gasteiger partial charge on any atom is -0.355 e. The monoisotopic (exact) mass is 527 g/mol. The lowest BCUT2D eigenvalue weighted by atomic mass is 9.99. The van der Waals surface area contributed by atoms with Crippen LogP contribution in [0.15, 0.2) is 51.9 Å². The molecule has 1 saturated heterocycles. The van der Waals surface area contributed by atoms with E-state index >= 15 is 0 Å². The molecule has 2 heterocycles. The second-order valence-electron chi connectivity index (χ2n) is 9.17. The Bertz CT molecular complexity index is 1400. The van der Waals surface area contributed by atoms with E-state index < -0.39 is 15.9 Å². The van der Waals surface area contributed by atoms with Crippen LogP contribution < -0.4 is 5.32 Å². The van der Waals surface area contributed by atoms with Gasteiger partial charge in [-0.05, 0) is 62.4 Å². The van der Waals surface area contributed by atoms with Gasteiger partial charge in [-0.15, -0.1) is 0 Å². The highest BCUT2D eigenvalue weighted by molar-refractivity contribution is 7.89. The van der Waals surface area contributed by atoms with E-state index in [-0.39, 0.29) is 23.1 Å². The van der Waals surface area contributed by atoms with Crippen molar-refractivity contribution in [2.24, 2.45) is 5.92 Å². The summed E-state index contributed by atoms with van der Waals surface area (Å²) in [6.07, 6.45) is 4.68. The van der Waals surface area contributed by atoms with Crippen LogP contribution in [-0.4, -0.2) is 36.9 Å². The summed E-state index contributed by atoms with van der Waals surface area (Å²) >= 11 is 6.19. The summed E-state index contributed by atoms with van der Waals surface area (Å²) in [6.45, 7) is 6.34. The average Bonchev–Trinajstić information content (AvgIpc) is 3.25. The molecule has 1 aliphatic rings. The van der Waals surface area contributed by atoms with Gasteiger partial charge in [-0.3, -0.25) is 4.79 Å². The molecule has 0 aliphatic carbocycles. The lowest BCUT2D eigenvalue weighted by Gasteiger charge is -2.31. The second-order valence-corrected chi connectivity index (χ2v) is 11.4. The Kier molecular flexibility index (Phi) is 7.97. The maximum Gasteiger partial charge on any atom is 0.248 e. The summed E-state index contributed by atoms with van der Waals surface area (Å²) < 4.78 is 34.1. The zero-order chi connectivity index (χ0) is 25.9. The zero-order valence-electron chi connectivity index (χ0n) is 20.6. The van der Waals surface area contributed by atoms with E-state index in [1.807, 2.05) is 56.3 Å². The molecule has 2 aromatic carbocycles. The van der Waals surface area contributed by atoms with Gasteiger partial charge in [-0.2, -0.15) is 4.31 Å². The maximum absolute atomic E-state index is 13.7. The van der Waals surface area contributed by atoms with Crippen molar-refractivity contribution >= 4 is 39.7 Å². The highest BCUT2D eigenvalue weighted by atomic mass is 35.5. The van der Waals surface area contributed by atoms with E-state index in [1.165, 1.54) is 4.31 Å². The minimum absolute atomic E-state index is 0.0428. The minimum atomic E-state index is -3.92. The molecule has 3 aromatic rings. The number of carbonyl (C=O) groups excluding carboxylic acids is 1. The molecule has 36 heavy (non-hydrogen) atoms. The van der Waals surface area contributed by atoms with Crippen LogP contribution in [0.4, 0.5) is 0 Å². The molecule has 1 amide bonds. The first-order valence-corrected chi connectivity index (χ1v) is 13.7. The van der Waals surface area contributed by atoms with Crippen molar-refractivity contribution in [3.05, 3.63) is 81.2 Å². The molecular formula is C27H30ClN3O4S. The molecule has 1 aliphatic heterocycles. The number of aryl methyl sites for hydroxylation is 3. The number of carbonyl (C=O) groups is 1. The third-order valence-electron chi connectivity index (χ3n) is 6.45. The molecule has 9 heteroatoms. The standard InChI is InChI=1S/C27H30ClN3O4S/c1-18-10-11-19(2)21(15-18)12-13-25-26(20(3)30-35-25)36(33,34)31-14-6-8-23(17-31)27(32)29-16-22-7-4-5-9-24(22)28/h4-5,7,9-13,15,23H,6,8,14,16-17H2,1-3H3,(H,29,32)/b13-12+. The number of hydrogen-bond acceptors (Lipinski definition) is 5. The SMILES string of the molecule is Cc1ccc(C)c(/C=C/c2onc(C)c2S(=O)(=O)N2CCCC(C(=O)NCc3ccccc3Cl)C2)c1. The van der Waals surface area contributed by atoms with E-state index in [2.05, 4.69) is 10.5 Å². The van der Waals surface area contributed by atoms with E-state index in [0.717, 1.165) is 22.3 Å². The summed E-state index contributed by atoms with van der Waals surface area (Å²) in [5.74, 6) is -0.462. The lowest BCUT2D eigenvalue weighted by Crippen LogP contribution is -2.45. The van der Waals surface area contributed by atoms with E-state index in [0.29, 0.717) is 36.6 Å². The number of amides is 1. The third-order valence-corrected chi connectivity index (χ3v) is 8.84. The number of nitrogens with zero attached hydrogens (tertiary/aromatic N) is 2. The number of hydrogen-bond donors (Lipinski definition) is 1. The fourth-order valence-corrected chi connectivity index (χ4v) is 6.35. The number of piperidine rings is 1. The van der Waals surface area contributed by atoms with Gasteiger partial charge >= 0.3 is 0 Å². The van der Waals surface area contributed by atoms with E-state index in [4.69, 9.17) is 16.1 Å². The van der Waals surface area contributed by atoms with Crippen molar-refractivity contribution in [3.8, 4) is 0 Å². The van der Waals surface area contributed by atoms with Gasteiger partial charge in [-0.25, -0.2) is 8.42 Å². The quantitative estimate of drug-likeness (QED) is 0.459. The topological polar surface area (TPSA) is 92.5 Å². The highest BCUT2D eigenvalue weighted by Crippen LogP contribution is 2.29. The average molecular weight is 528 g/mol. The largest absolute Gasteiger partial charge is 0.355 e. The molecule has 4 rings (SSSR count). The van der Waals surface area contributed by atoms with Crippen LogP contribution in [-0.2, 0) is 21.4 Å². The second kappa shape index (κ2) is 11.0. The molecule has 0 radical (unpaired) electrons. The molecule has 1 unspecified atom stereocenters. The number of aromatic nitrogens is 1. The summed E-state index contributed by atoms with van der Waals surface area (Å²) in [5.41, 5.74) is 4.25. The van der Waals surface area contributed by atoms with Gasteiger partial charge < -0.3 is 9.84 Å². The van der Waals surface area contributed by atoms with Gasteiger partial charge in [-0.1, -0.05) is 64.8 Å². The number of rotatable bonds is 7. The van der Waals surface area contributed by atoms with Crippen LogP contribution in [0.5, 0.6) is 0 Å². The Balaban J connectivity index is 1.51. The number of benzene rings is 2. The Hall–Kier alpha value is -2.94. The first kappa shape index (κ1) is 26.1. The van der Waals surface area contributed by atoms with Gasteiger partial charge in [0.2, 0.25) is 15.9 Å².